The molecule has 1 atom stereocenters. The van der Waals surface area contributed by atoms with Gasteiger partial charge in [-0.2, -0.15) is 0 Å². The summed E-state index contributed by atoms with van der Waals surface area (Å²) in [5, 5.41) is 3.88. The number of para-hydroxylation sites is 1. The number of carbonyl (C=O) groups excluding carboxylic acids is 2. The fourth-order valence-corrected chi connectivity index (χ4v) is 4.95. The van der Waals surface area contributed by atoms with Crippen molar-refractivity contribution >= 4 is 22.7 Å². The molecule has 1 aromatic heterocycles. The highest BCUT2D eigenvalue weighted by Crippen LogP contribution is 2.32. The molecule has 1 saturated heterocycles. The Bertz CT molecular complexity index is 918. The normalized spacial score (nSPS) is 19.7. The lowest BCUT2D eigenvalue weighted by atomic mass is 9.99. The molecule has 30 heavy (non-hydrogen) atoms. The molecule has 2 heterocycles. The van der Waals surface area contributed by atoms with Gasteiger partial charge >= 0.3 is 0 Å². The summed E-state index contributed by atoms with van der Waals surface area (Å²) in [5.74, 6) is 1.16. The van der Waals surface area contributed by atoms with E-state index >= 15 is 0 Å². The Labute approximate surface area is 179 Å². The van der Waals surface area contributed by atoms with Crippen LogP contribution >= 0.6 is 0 Å². The molecular weight excluding hydrogens is 374 g/mol. The number of carbonyl (C=O) groups is 2. The van der Waals surface area contributed by atoms with Crippen molar-refractivity contribution in [2.24, 2.45) is 5.92 Å². The van der Waals surface area contributed by atoms with Gasteiger partial charge in [-0.1, -0.05) is 43.9 Å². The van der Waals surface area contributed by atoms with Crippen molar-refractivity contribution in [1.29, 1.82) is 0 Å². The van der Waals surface area contributed by atoms with Crippen LogP contribution in [0.3, 0.4) is 0 Å². The molecule has 160 valence electrons. The van der Waals surface area contributed by atoms with Gasteiger partial charge in [-0.05, 0) is 44.7 Å². The van der Waals surface area contributed by atoms with Gasteiger partial charge in [0, 0.05) is 42.6 Å². The predicted molar refractivity (Wildman–Crippen MR) is 119 cm³/mol. The van der Waals surface area contributed by atoms with Crippen molar-refractivity contribution < 1.29 is 9.59 Å². The molecule has 1 aromatic carbocycles. The molecule has 4 rings (SSSR count). The van der Waals surface area contributed by atoms with E-state index in [9.17, 15) is 9.59 Å². The molecule has 0 spiro atoms. The first-order chi connectivity index (χ1) is 14.5. The molecule has 2 aliphatic rings. The molecule has 1 saturated carbocycles. The number of pyridine rings is 1. The molecule has 0 bridgehead atoms. The summed E-state index contributed by atoms with van der Waals surface area (Å²) in [6.07, 6.45) is 7.84. The third kappa shape index (κ3) is 4.66. The topological polar surface area (TPSA) is 62.3 Å². The van der Waals surface area contributed by atoms with Crippen LogP contribution < -0.4 is 5.32 Å². The summed E-state index contributed by atoms with van der Waals surface area (Å²) in [7, 11) is 0. The number of amides is 2. The second-order valence-corrected chi connectivity index (χ2v) is 9.25. The van der Waals surface area contributed by atoms with Crippen LogP contribution in [0.4, 0.5) is 0 Å². The third-order valence-corrected chi connectivity index (χ3v) is 6.60. The van der Waals surface area contributed by atoms with Crippen LogP contribution in [0, 0.1) is 5.92 Å². The largest absolute Gasteiger partial charge is 0.350 e. The van der Waals surface area contributed by atoms with Crippen LogP contribution in [0.5, 0.6) is 0 Å². The molecule has 5 nitrogen and oxygen atoms in total. The number of aromatic nitrogens is 1. The van der Waals surface area contributed by atoms with Gasteiger partial charge in [-0.15, -0.1) is 0 Å². The van der Waals surface area contributed by atoms with Crippen molar-refractivity contribution in [2.45, 2.75) is 70.8 Å². The number of benzene rings is 1. The zero-order chi connectivity index (χ0) is 21.1. The molecule has 1 N–H and O–H groups in total. The Kier molecular flexibility index (Phi) is 6.35. The maximum absolute atomic E-state index is 12.8. The summed E-state index contributed by atoms with van der Waals surface area (Å²) >= 11 is 0. The fraction of sp³-hybridized carbons (Fsp3) is 0.560. The summed E-state index contributed by atoms with van der Waals surface area (Å²) in [5.41, 5.74) is 2.44. The van der Waals surface area contributed by atoms with Crippen LogP contribution in [0.2, 0.25) is 0 Å². The first-order valence-corrected chi connectivity index (χ1v) is 11.5. The summed E-state index contributed by atoms with van der Waals surface area (Å²) in [6, 6.07) is 9.83. The summed E-state index contributed by atoms with van der Waals surface area (Å²) in [4.78, 5) is 32.4. The van der Waals surface area contributed by atoms with Crippen molar-refractivity contribution in [3.63, 3.8) is 0 Å². The van der Waals surface area contributed by atoms with Crippen molar-refractivity contribution in [1.82, 2.24) is 15.2 Å². The number of likely N-dealkylation sites (tertiary alicyclic amines) is 1. The Morgan fingerprint density at radius 2 is 1.93 bits per heavy atom. The molecule has 2 fully saturated rings. The van der Waals surface area contributed by atoms with Gasteiger partial charge in [0.2, 0.25) is 5.91 Å². The lowest BCUT2D eigenvalue weighted by Gasteiger charge is -2.18. The fourth-order valence-electron chi connectivity index (χ4n) is 4.95. The number of fused-ring (bicyclic) bond motifs is 1. The van der Waals surface area contributed by atoms with Crippen molar-refractivity contribution in [2.75, 3.05) is 13.1 Å². The number of hydrogen-bond donors (Lipinski definition) is 1. The number of hydrogen-bond acceptors (Lipinski definition) is 3. The molecule has 0 radical (unpaired) electrons. The third-order valence-electron chi connectivity index (χ3n) is 6.60. The first-order valence-electron chi connectivity index (χ1n) is 11.5. The average Bonchev–Trinajstić information content (AvgIpc) is 3.43. The number of nitrogens with one attached hydrogen (secondary N) is 1. The van der Waals surface area contributed by atoms with E-state index in [0.717, 1.165) is 41.9 Å². The monoisotopic (exact) mass is 407 g/mol. The van der Waals surface area contributed by atoms with Gasteiger partial charge in [0.25, 0.3) is 5.91 Å². The highest BCUT2D eigenvalue weighted by molar-refractivity contribution is 6.06. The van der Waals surface area contributed by atoms with Gasteiger partial charge in [0.05, 0.1) is 11.1 Å². The number of nitrogens with zero attached hydrogens (tertiary/aromatic N) is 2. The molecule has 2 aromatic rings. The van der Waals surface area contributed by atoms with Gasteiger partial charge in [-0.3, -0.25) is 14.6 Å². The van der Waals surface area contributed by atoms with Gasteiger partial charge in [-0.25, -0.2) is 0 Å². The minimum Gasteiger partial charge on any atom is -0.350 e. The highest BCUT2D eigenvalue weighted by Gasteiger charge is 2.29. The van der Waals surface area contributed by atoms with Crippen LogP contribution in [0.25, 0.3) is 10.9 Å². The van der Waals surface area contributed by atoms with Crippen LogP contribution in [-0.4, -0.2) is 40.8 Å². The molecule has 1 aliphatic carbocycles. The predicted octanol–water partition coefficient (Wildman–Crippen LogP) is 4.66. The lowest BCUT2D eigenvalue weighted by Crippen LogP contribution is -2.30. The first kappa shape index (κ1) is 20.8. The quantitative estimate of drug-likeness (QED) is 0.758. The van der Waals surface area contributed by atoms with Gasteiger partial charge in [0.15, 0.2) is 0 Å². The van der Waals surface area contributed by atoms with Crippen molar-refractivity contribution in [3.8, 4) is 0 Å². The van der Waals surface area contributed by atoms with E-state index in [2.05, 4.69) is 5.32 Å². The average molecular weight is 408 g/mol. The smallest absolute Gasteiger partial charge is 0.252 e. The van der Waals surface area contributed by atoms with Crippen LogP contribution in [0.1, 0.15) is 80.8 Å². The Balaban J connectivity index is 1.49. The van der Waals surface area contributed by atoms with E-state index in [1.54, 1.807) is 0 Å². The minimum atomic E-state index is -0.0626. The second-order valence-electron chi connectivity index (χ2n) is 9.25. The van der Waals surface area contributed by atoms with Gasteiger partial charge < -0.3 is 10.2 Å². The summed E-state index contributed by atoms with van der Waals surface area (Å²) in [6.45, 7) is 5.43. The molecule has 5 heteroatoms. The van der Waals surface area contributed by atoms with Crippen LogP contribution in [0.15, 0.2) is 30.3 Å². The zero-order valence-electron chi connectivity index (χ0n) is 18.2. The van der Waals surface area contributed by atoms with Crippen molar-refractivity contribution in [3.05, 3.63) is 41.6 Å². The number of rotatable bonds is 6. The molecular formula is C25H33N3O2. The maximum Gasteiger partial charge on any atom is 0.252 e. The molecule has 1 aliphatic heterocycles. The Hall–Kier alpha value is -2.43. The molecule has 1 unspecified atom stereocenters. The van der Waals surface area contributed by atoms with E-state index in [4.69, 9.17) is 4.98 Å². The zero-order valence-corrected chi connectivity index (χ0v) is 18.2. The van der Waals surface area contributed by atoms with Gasteiger partial charge in [0.1, 0.15) is 0 Å². The van der Waals surface area contributed by atoms with E-state index in [0.29, 0.717) is 18.5 Å². The Morgan fingerprint density at radius 3 is 2.70 bits per heavy atom. The minimum absolute atomic E-state index is 0.0626. The van der Waals surface area contributed by atoms with E-state index in [1.807, 2.05) is 49.1 Å². The lowest BCUT2D eigenvalue weighted by molar-refractivity contribution is -0.130. The highest BCUT2D eigenvalue weighted by atomic mass is 16.2. The SMILES string of the molecule is CC(C)NC(=O)c1cc(C2CCN(C(=O)CCC3CCCC3)C2)nc2ccccc12. The molecule has 2 amide bonds. The van der Waals surface area contributed by atoms with E-state index in [1.165, 1.54) is 25.7 Å². The van der Waals surface area contributed by atoms with E-state index in [-0.39, 0.29) is 23.8 Å². The Morgan fingerprint density at radius 1 is 1.17 bits per heavy atom. The second kappa shape index (κ2) is 9.15. The standard InChI is InChI=1S/C25H33N3O2/c1-17(2)26-25(30)21-15-23(27-22-10-6-5-9-20(21)22)19-13-14-28(16-19)24(29)12-11-18-7-3-4-8-18/h5-6,9-10,15,17-19H,3-4,7-8,11-14,16H2,1-2H3,(H,26,30). The van der Waals surface area contributed by atoms with E-state index < -0.39 is 0 Å². The maximum atomic E-state index is 12.8. The van der Waals surface area contributed by atoms with Crippen LogP contribution in [-0.2, 0) is 4.79 Å². The summed E-state index contributed by atoms with van der Waals surface area (Å²) < 4.78 is 0.